The van der Waals surface area contributed by atoms with Crippen LogP contribution in [0.15, 0.2) is 55.2 Å². The van der Waals surface area contributed by atoms with Gasteiger partial charge in [0.15, 0.2) is 0 Å². The molecule has 0 atom stereocenters. The van der Waals surface area contributed by atoms with Gasteiger partial charge in [0.1, 0.15) is 10.8 Å². The number of methoxy groups -OCH3 is 1. The van der Waals surface area contributed by atoms with Crippen LogP contribution in [0, 0.1) is 6.92 Å². The summed E-state index contributed by atoms with van der Waals surface area (Å²) in [5.74, 6) is 0.512. The van der Waals surface area contributed by atoms with Gasteiger partial charge in [0.2, 0.25) is 0 Å². The molecule has 2 aromatic rings. The Kier molecular flexibility index (Phi) is 5.27. The summed E-state index contributed by atoms with van der Waals surface area (Å²) in [6.07, 6.45) is 1.84. The van der Waals surface area contributed by atoms with Crippen molar-refractivity contribution < 1.29 is 9.53 Å². The average Bonchev–Trinajstić information content (AvgIpc) is 2.89. The molecule has 0 radical (unpaired) electrons. The Morgan fingerprint density at radius 2 is 1.75 bits per heavy atom. The molecule has 24 heavy (non-hydrogen) atoms. The van der Waals surface area contributed by atoms with E-state index in [1.807, 2.05) is 49.4 Å². The molecule has 0 unspecified atom stereocenters. The second kappa shape index (κ2) is 7.25. The zero-order valence-corrected chi connectivity index (χ0v) is 17.0. The Morgan fingerprint density at radius 3 is 2.33 bits per heavy atom. The third-order valence-electron chi connectivity index (χ3n) is 3.44. The monoisotopic (exact) mass is 465 g/mol. The van der Waals surface area contributed by atoms with Crippen LogP contribution in [0.5, 0.6) is 5.75 Å². The van der Waals surface area contributed by atoms with Crippen molar-refractivity contribution in [3.05, 3.63) is 66.9 Å². The Labute approximate surface area is 161 Å². The lowest BCUT2D eigenvalue weighted by Gasteiger charge is -2.07. The van der Waals surface area contributed by atoms with Gasteiger partial charge in [-0.25, -0.2) is 4.99 Å². The number of rotatable bonds is 3. The van der Waals surface area contributed by atoms with E-state index in [-0.39, 0.29) is 5.91 Å². The highest BCUT2D eigenvalue weighted by atomic mass is 79.9. The molecule has 0 saturated carbocycles. The zero-order chi connectivity index (χ0) is 17.3. The second-order valence-electron chi connectivity index (χ2n) is 5.22. The summed E-state index contributed by atoms with van der Waals surface area (Å²) < 4.78 is 6.94. The van der Waals surface area contributed by atoms with Gasteiger partial charge in [-0.05, 0) is 62.6 Å². The van der Waals surface area contributed by atoms with Gasteiger partial charge in [-0.3, -0.25) is 4.79 Å². The molecule has 2 aromatic carbocycles. The molecule has 1 aliphatic rings. The van der Waals surface area contributed by atoms with Gasteiger partial charge in [-0.15, -0.1) is 0 Å². The predicted octanol–water partition coefficient (Wildman–Crippen LogP) is 5.59. The number of benzene rings is 2. The summed E-state index contributed by atoms with van der Waals surface area (Å²) in [5, 5.41) is 0.734. The number of amides is 1. The zero-order valence-electron chi connectivity index (χ0n) is 13.0. The normalized spacial score (nSPS) is 15.8. The number of carbonyl (C=O) groups is 1. The first kappa shape index (κ1) is 17.5. The molecule has 0 N–H and O–H groups in total. The van der Waals surface area contributed by atoms with Gasteiger partial charge >= 0.3 is 0 Å². The summed E-state index contributed by atoms with van der Waals surface area (Å²) in [4.78, 5) is 17.0. The molecule has 3 nitrogen and oxygen atoms in total. The topological polar surface area (TPSA) is 38.7 Å². The molecule has 122 valence electrons. The van der Waals surface area contributed by atoms with Crippen molar-refractivity contribution in [2.75, 3.05) is 7.11 Å². The first-order valence-corrected chi connectivity index (χ1v) is 9.51. The molecule has 1 aliphatic heterocycles. The lowest BCUT2D eigenvalue weighted by Crippen LogP contribution is -1.90. The molecule has 1 amide bonds. The Hall–Kier alpha value is -1.37. The molecule has 0 aromatic heterocycles. The van der Waals surface area contributed by atoms with Crippen LogP contribution >= 0.6 is 43.6 Å². The number of carbonyl (C=O) groups excluding carboxylic acids is 1. The summed E-state index contributed by atoms with van der Waals surface area (Å²) in [7, 11) is 1.61. The van der Waals surface area contributed by atoms with Crippen LogP contribution < -0.4 is 4.74 Å². The molecule has 0 spiro atoms. The van der Waals surface area contributed by atoms with E-state index in [1.54, 1.807) is 7.11 Å². The maximum atomic E-state index is 12.2. The molecule has 0 fully saturated rings. The van der Waals surface area contributed by atoms with E-state index in [0.717, 1.165) is 30.9 Å². The highest BCUT2D eigenvalue weighted by Crippen LogP contribution is 2.37. The van der Waals surface area contributed by atoms with Crippen LogP contribution in [0.3, 0.4) is 0 Å². The summed E-state index contributed by atoms with van der Waals surface area (Å²) >= 11 is 8.34. The summed E-state index contributed by atoms with van der Waals surface area (Å²) in [6, 6.07) is 11.8. The minimum absolute atomic E-state index is 0.210. The SMILES string of the molecule is COc1c(Br)cc(/C=C2/SC(c3ccc(C)cc3)=NC2=O)cc1Br. The fraction of sp³-hybridized carbons (Fsp3) is 0.111. The van der Waals surface area contributed by atoms with Gasteiger partial charge in [0.25, 0.3) is 5.91 Å². The van der Waals surface area contributed by atoms with Gasteiger partial charge in [-0.2, -0.15) is 0 Å². The highest BCUT2D eigenvalue weighted by Gasteiger charge is 2.23. The molecule has 6 heteroatoms. The molecular weight excluding hydrogens is 454 g/mol. The number of halogens is 2. The van der Waals surface area contributed by atoms with Crippen molar-refractivity contribution >= 4 is 60.6 Å². The largest absolute Gasteiger partial charge is 0.494 e. The van der Waals surface area contributed by atoms with Gasteiger partial charge in [0, 0.05) is 5.56 Å². The van der Waals surface area contributed by atoms with Crippen molar-refractivity contribution in [3.63, 3.8) is 0 Å². The van der Waals surface area contributed by atoms with E-state index < -0.39 is 0 Å². The smallest absolute Gasteiger partial charge is 0.284 e. The van der Waals surface area contributed by atoms with Crippen LogP contribution in [0.4, 0.5) is 0 Å². The minimum atomic E-state index is -0.210. The quantitative estimate of drug-likeness (QED) is 0.553. The van der Waals surface area contributed by atoms with Gasteiger partial charge in [0.05, 0.1) is 21.0 Å². The third kappa shape index (κ3) is 3.66. The molecule has 1 heterocycles. The molecule has 0 bridgehead atoms. The maximum Gasteiger partial charge on any atom is 0.284 e. The summed E-state index contributed by atoms with van der Waals surface area (Å²) in [5.41, 5.74) is 3.03. The minimum Gasteiger partial charge on any atom is -0.494 e. The number of ether oxygens (including phenoxy) is 1. The Balaban J connectivity index is 1.88. The maximum absolute atomic E-state index is 12.2. The number of hydrogen-bond acceptors (Lipinski definition) is 3. The van der Waals surface area contributed by atoms with Crippen molar-refractivity contribution in [1.29, 1.82) is 0 Å². The number of aryl methyl sites for hydroxylation is 1. The van der Waals surface area contributed by atoms with Crippen molar-refractivity contribution in [2.24, 2.45) is 4.99 Å². The van der Waals surface area contributed by atoms with Crippen LogP contribution in [0.2, 0.25) is 0 Å². The average molecular weight is 467 g/mol. The first-order valence-electron chi connectivity index (χ1n) is 7.10. The fourth-order valence-corrected chi connectivity index (χ4v) is 4.70. The van der Waals surface area contributed by atoms with E-state index in [2.05, 4.69) is 36.9 Å². The second-order valence-corrected chi connectivity index (χ2v) is 7.96. The Morgan fingerprint density at radius 1 is 1.12 bits per heavy atom. The standard InChI is InChI=1S/C18H13Br2NO2S/c1-10-3-5-12(6-4-10)18-21-17(22)15(24-18)9-11-7-13(19)16(23-2)14(20)8-11/h3-9H,1-2H3/b15-9+. The first-order chi connectivity index (χ1) is 11.5. The Bertz CT molecular complexity index is 850. The molecule has 3 rings (SSSR count). The molecule has 0 aliphatic carbocycles. The number of aliphatic imine (C=N–C) groups is 1. The molecule has 0 saturated heterocycles. The van der Waals surface area contributed by atoms with E-state index in [0.29, 0.717) is 4.91 Å². The van der Waals surface area contributed by atoms with E-state index in [4.69, 9.17) is 4.74 Å². The number of nitrogens with zero attached hydrogens (tertiary/aromatic N) is 1. The van der Waals surface area contributed by atoms with Crippen molar-refractivity contribution in [1.82, 2.24) is 0 Å². The number of thioether (sulfide) groups is 1. The lowest BCUT2D eigenvalue weighted by molar-refractivity contribution is -0.113. The predicted molar refractivity (Wildman–Crippen MR) is 107 cm³/mol. The van der Waals surface area contributed by atoms with E-state index in [9.17, 15) is 4.79 Å². The van der Waals surface area contributed by atoms with Gasteiger partial charge < -0.3 is 4.74 Å². The third-order valence-corrected chi connectivity index (χ3v) is 5.65. The van der Waals surface area contributed by atoms with Crippen LogP contribution in [-0.4, -0.2) is 18.1 Å². The lowest BCUT2D eigenvalue weighted by atomic mass is 10.2. The number of hydrogen-bond donors (Lipinski definition) is 0. The van der Waals surface area contributed by atoms with E-state index in [1.165, 1.54) is 17.3 Å². The fourth-order valence-electron chi connectivity index (χ4n) is 2.24. The van der Waals surface area contributed by atoms with Crippen LogP contribution in [-0.2, 0) is 4.79 Å². The van der Waals surface area contributed by atoms with Crippen LogP contribution in [0.25, 0.3) is 6.08 Å². The van der Waals surface area contributed by atoms with Crippen molar-refractivity contribution in [3.8, 4) is 5.75 Å². The van der Waals surface area contributed by atoms with Crippen LogP contribution in [0.1, 0.15) is 16.7 Å². The van der Waals surface area contributed by atoms with E-state index >= 15 is 0 Å². The highest BCUT2D eigenvalue weighted by molar-refractivity contribution is 9.11. The molecular formula is C18H13Br2NO2S. The van der Waals surface area contributed by atoms with Gasteiger partial charge in [-0.1, -0.05) is 41.6 Å². The van der Waals surface area contributed by atoms with Crippen molar-refractivity contribution in [2.45, 2.75) is 6.92 Å². The summed E-state index contributed by atoms with van der Waals surface area (Å²) in [6.45, 7) is 2.03.